The molecule has 0 aromatic heterocycles. The van der Waals surface area contributed by atoms with Gasteiger partial charge in [-0.25, -0.2) is 0 Å². The Labute approximate surface area is 103 Å². The quantitative estimate of drug-likeness (QED) is 0.475. The van der Waals surface area contributed by atoms with Crippen molar-refractivity contribution in [3.8, 4) is 0 Å². The molecule has 0 radical (unpaired) electrons. The average Bonchev–Trinajstić information content (AvgIpc) is 2.25. The van der Waals surface area contributed by atoms with Crippen molar-refractivity contribution in [1.82, 2.24) is 0 Å². The second-order valence-electron chi connectivity index (χ2n) is 3.04. The first kappa shape index (κ1) is 13.0. The van der Waals surface area contributed by atoms with E-state index in [-0.39, 0.29) is 6.61 Å². The monoisotopic (exact) mass is 260 g/mol. The van der Waals surface area contributed by atoms with Gasteiger partial charge in [-0.3, -0.25) is 4.79 Å². The van der Waals surface area contributed by atoms with Crippen molar-refractivity contribution in [3.63, 3.8) is 0 Å². The van der Waals surface area contributed by atoms with Crippen molar-refractivity contribution >= 4 is 35.5 Å². The van der Waals surface area contributed by atoms with Crippen molar-refractivity contribution in [2.75, 3.05) is 6.61 Å². The zero-order chi connectivity index (χ0) is 12.1. The van der Waals surface area contributed by atoms with Gasteiger partial charge in [-0.2, -0.15) is 0 Å². The SMILES string of the molecule is CCOC(=O)[C@@H](C=O)c1ccc(Cl)c(Cl)c1. The second kappa shape index (κ2) is 5.87. The summed E-state index contributed by atoms with van der Waals surface area (Å²) >= 11 is 11.5. The number of carbonyl (C=O) groups excluding carboxylic acids is 2. The summed E-state index contributed by atoms with van der Waals surface area (Å²) in [5.41, 5.74) is 0.475. The van der Waals surface area contributed by atoms with Crippen molar-refractivity contribution in [2.45, 2.75) is 12.8 Å². The molecule has 5 heteroatoms. The molecule has 0 bridgehead atoms. The molecule has 0 aliphatic carbocycles. The van der Waals surface area contributed by atoms with Crippen LogP contribution in [0.1, 0.15) is 18.4 Å². The van der Waals surface area contributed by atoms with Gasteiger partial charge in [0.25, 0.3) is 0 Å². The molecule has 1 aromatic rings. The maximum Gasteiger partial charge on any atom is 0.320 e. The van der Waals surface area contributed by atoms with E-state index in [9.17, 15) is 9.59 Å². The zero-order valence-electron chi connectivity index (χ0n) is 8.57. The third-order valence-electron chi connectivity index (χ3n) is 1.98. The Morgan fingerprint density at radius 3 is 2.62 bits per heavy atom. The van der Waals surface area contributed by atoms with Gasteiger partial charge in [0, 0.05) is 0 Å². The largest absolute Gasteiger partial charge is 0.465 e. The Morgan fingerprint density at radius 1 is 1.44 bits per heavy atom. The molecule has 86 valence electrons. The van der Waals surface area contributed by atoms with Crippen LogP contribution in [0.15, 0.2) is 18.2 Å². The normalized spacial score (nSPS) is 11.9. The summed E-state index contributed by atoms with van der Waals surface area (Å²) in [7, 11) is 0. The summed E-state index contributed by atoms with van der Waals surface area (Å²) in [4.78, 5) is 22.3. The first-order chi connectivity index (χ1) is 7.60. The molecule has 0 fully saturated rings. The molecule has 0 saturated heterocycles. The van der Waals surface area contributed by atoms with Crippen LogP contribution in [0.2, 0.25) is 10.0 Å². The lowest BCUT2D eigenvalue weighted by Crippen LogP contribution is -2.17. The molecule has 1 atom stereocenters. The van der Waals surface area contributed by atoms with E-state index in [1.807, 2.05) is 0 Å². The minimum Gasteiger partial charge on any atom is -0.465 e. The number of aldehydes is 1. The van der Waals surface area contributed by atoms with E-state index in [0.717, 1.165) is 0 Å². The van der Waals surface area contributed by atoms with E-state index in [1.54, 1.807) is 13.0 Å². The Kier molecular flexibility index (Phi) is 4.77. The van der Waals surface area contributed by atoms with E-state index >= 15 is 0 Å². The topological polar surface area (TPSA) is 43.4 Å². The molecule has 0 saturated carbocycles. The van der Waals surface area contributed by atoms with Gasteiger partial charge < -0.3 is 9.53 Å². The third kappa shape index (κ3) is 2.97. The predicted molar refractivity (Wildman–Crippen MR) is 61.9 cm³/mol. The number of hydrogen-bond donors (Lipinski definition) is 0. The molecule has 0 N–H and O–H groups in total. The Morgan fingerprint density at radius 2 is 2.12 bits per heavy atom. The van der Waals surface area contributed by atoms with Crippen LogP contribution in [0.5, 0.6) is 0 Å². The van der Waals surface area contributed by atoms with Crippen LogP contribution in [0.4, 0.5) is 0 Å². The van der Waals surface area contributed by atoms with Crippen LogP contribution in [0.25, 0.3) is 0 Å². The van der Waals surface area contributed by atoms with E-state index in [1.165, 1.54) is 12.1 Å². The summed E-state index contributed by atoms with van der Waals surface area (Å²) in [6.45, 7) is 1.90. The Bertz CT molecular complexity index is 404. The van der Waals surface area contributed by atoms with Gasteiger partial charge in [-0.1, -0.05) is 29.3 Å². The summed E-state index contributed by atoms with van der Waals surface area (Å²) < 4.78 is 4.77. The summed E-state index contributed by atoms with van der Waals surface area (Å²) in [5.74, 6) is -1.54. The maximum atomic E-state index is 11.4. The standard InChI is InChI=1S/C11H10Cl2O3/c1-2-16-11(15)8(6-14)7-3-4-9(12)10(13)5-7/h3-6,8H,2H2,1H3/t8-/m0/s1. The molecule has 0 amide bonds. The van der Waals surface area contributed by atoms with E-state index in [0.29, 0.717) is 21.9 Å². The van der Waals surface area contributed by atoms with E-state index in [4.69, 9.17) is 27.9 Å². The average molecular weight is 261 g/mol. The minimum atomic E-state index is -0.949. The van der Waals surface area contributed by atoms with Gasteiger partial charge >= 0.3 is 5.97 Å². The third-order valence-corrected chi connectivity index (χ3v) is 2.72. The molecular weight excluding hydrogens is 251 g/mol. The molecule has 0 heterocycles. The number of rotatable bonds is 4. The smallest absolute Gasteiger partial charge is 0.320 e. The summed E-state index contributed by atoms with van der Waals surface area (Å²) in [6, 6.07) is 4.60. The fraction of sp³-hybridized carbons (Fsp3) is 0.273. The number of esters is 1. The number of hydrogen-bond acceptors (Lipinski definition) is 3. The molecule has 0 spiro atoms. The second-order valence-corrected chi connectivity index (χ2v) is 3.85. The van der Waals surface area contributed by atoms with Crippen LogP contribution in [0, 0.1) is 0 Å². The van der Waals surface area contributed by atoms with E-state index < -0.39 is 11.9 Å². The highest BCUT2D eigenvalue weighted by molar-refractivity contribution is 6.42. The molecule has 1 rings (SSSR count). The zero-order valence-corrected chi connectivity index (χ0v) is 10.1. The molecule has 0 unspecified atom stereocenters. The van der Waals surface area contributed by atoms with Crippen LogP contribution in [0.3, 0.4) is 0 Å². The van der Waals surface area contributed by atoms with Crippen LogP contribution in [-0.2, 0) is 14.3 Å². The molecule has 1 aromatic carbocycles. The van der Waals surface area contributed by atoms with Crippen molar-refractivity contribution in [1.29, 1.82) is 0 Å². The molecule has 16 heavy (non-hydrogen) atoms. The first-order valence-electron chi connectivity index (χ1n) is 4.67. The molecule has 3 nitrogen and oxygen atoms in total. The van der Waals surface area contributed by atoms with Gasteiger partial charge in [0.15, 0.2) is 0 Å². The molecular formula is C11H10Cl2O3. The van der Waals surface area contributed by atoms with Gasteiger partial charge in [-0.15, -0.1) is 0 Å². The molecule has 0 aliphatic rings. The highest BCUT2D eigenvalue weighted by Gasteiger charge is 2.21. The number of benzene rings is 1. The lowest BCUT2D eigenvalue weighted by atomic mass is 10.0. The van der Waals surface area contributed by atoms with Crippen molar-refractivity contribution < 1.29 is 14.3 Å². The summed E-state index contributed by atoms with van der Waals surface area (Å²) in [5, 5.41) is 0.675. The van der Waals surface area contributed by atoms with Gasteiger partial charge in [0.2, 0.25) is 0 Å². The van der Waals surface area contributed by atoms with Gasteiger partial charge in [-0.05, 0) is 24.6 Å². The Hall–Kier alpha value is -1.06. The van der Waals surface area contributed by atoms with Crippen molar-refractivity contribution in [3.05, 3.63) is 33.8 Å². The van der Waals surface area contributed by atoms with Gasteiger partial charge in [0.1, 0.15) is 12.2 Å². The lowest BCUT2D eigenvalue weighted by molar-refractivity contribution is -0.146. The number of carbonyl (C=O) groups is 2. The first-order valence-corrected chi connectivity index (χ1v) is 5.42. The summed E-state index contributed by atoms with van der Waals surface area (Å²) in [6.07, 6.45) is 0.525. The number of halogens is 2. The highest BCUT2D eigenvalue weighted by Crippen LogP contribution is 2.26. The van der Waals surface area contributed by atoms with Crippen LogP contribution >= 0.6 is 23.2 Å². The van der Waals surface area contributed by atoms with Gasteiger partial charge in [0.05, 0.1) is 16.7 Å². The lowest BCUT2D eigenvalue weighted by Gasteiger charge is -2.10. The van der Waals surface area contributed by atoms with E-state index in [2.05, 4.69) is 0 Å². The Balaban J connectivity index is 2.99. The molecule has 0 aliphatic heterocycles. The fourth-order valence-electron chi connectivity index (χ4n) is 1.21. The predicted octanol–water partition coefficient (Wildman–Crippen LogP) is 2.84. The van der Waals surface area contributed by atoms with Crippen molar-refractivity contribution in [2.24, 2.45) is 0 Å². The highest BCUT2D eigenvalue weighted by atomic mass is 35.5. The minimum absolute atomic E-state index is 0.227. The number of ether oxygens (including phenoxy) is 1. The van der Waals surface area contributed by atoms with Crippen LogP contribution < -0.4 is 0 Å². The fourth-order valence-corrected chi connectivity index (χ4v) is 1.51. The van der Waals surface area contributed by atoms with Crippen LogP contribution in [-0.4, -0.2) is 18.9 Å². The maximum absolute atomic E-state index is 11.4.